The molecule has 4 heteroatoms. The van der Waals surface area contributed by atoms with Crippen LogP contribution in [0.4, 0.5) is 0 Å². The zero-order valence-corrected chi connectivity index (χ0v) is 9.11. The Morgan fingerprint density at radius 1 is 1.27 bits per heavy atom. The van der Waals surface area contributed by atoms with E-state index in [0.717, 1.165) is 39.0 Å². The van der Waals surface area contributed by atoms with E-state index in [1.807, 2.05) is 4.90 Å². The average Bonchev–Trinajstić information content (AvgIpc) is 2.17. The highest BCUT2D eigenvalue weighted by atomic mass is 16.3. The summed E-state index contributed by atoms with van der Waals surface area (Å²) in [5.74, 6) is 1.19. The molecule has 15 heavy (non-hydrogen) atoms. The van der Waals surface area contributed by atoms with E-state index in [1.54, 1.807) is 0 Å². The van der Waals surface area contributed by atoms with Crippen molar-refractivity contribution < 1.29 is 9.90 Å². The largest absolute Gasteiger partial charge is 0.396 e. The molecule has 2 heterocycles. The van der Waals surface area contributed by atoms with Crippen LogP contribution < -0.4 is 5.32 Å². The molecule has 0 bridgehead atoms. The summed E-state index contributed by atoms with van der Waals surface area (Å²) in [6, 6.07) is 0. The molecule has 1 amide bonds. The van der Waals surface area contributed by atoms with Crippen molar-refractivity contribution in [1.82, 2.24) is 10.2 Å². The lowest BCUT2D eigenvalue weighted by molar-refractivity contribution is -0.139. The fourth-order valence-electron chi connectivity index (χ4n) is 2.35. The molecule has 0 aromatic heterocycles. The number of aliphatic hydroxyl groups excluding tert-OH is 1. The summed E-state index contributed by atoms with van der Waals surface area (Å²) in [7, 11) is 0. The smallest absolute Gasteiger partial charge is 0.222 e. The van der Waals surface area contributed by atoms with Crippen molar-refractivity contribution >= 4 is 5.91 Å². The van der Waals surface area contributed by atoms with E-state index in [0.29, 0.717) is 18.3 Å². The number of likely N-dealkylation sites (tertiary alicyclic amines) is 1. The van der Waals surface area contributed by atoms with Crippen LogP contribution in [-0.2, 0) is 4.79 Å². The second-order valence-corrected chi connectivity index (χ2v) is 4.74. The minimum Gasteiger partial charge on any atom is -0.396 e. The Morgan fingerprint density at radius 2 is 1.93 bits per heavy atom. The number of aliphatic hydroxyl groups is 1. The summed E-state index contributed by atoms with van der Waals surface area (Å²) in [5, 5.41) is 12.2. The van der Waals surface area contributed by atoms with Gasteiger partial charge in [-0.3, -0.25) is 4.79 Å². The number of rotatable bonds is 3. The van der Waals surface area contributed by atoms with Crippen molar-refractivity contribution in [2.45, 2.75) is 19.3 Å². The van der Waals surface area contributed by atoms with Gasteiger partial charge in [0.25, 0.3) is 0 Å². The van der Waals surface area contributed by atoms with Gasteiger partial charge in [0.1, 0.15) is 0 Å². The van der Waals surface area contributed by atoms with Crippen LogP contribution in [0.1, 0.15) is 19.3 Å². The average molecular weight is 212 g/mol. The van der Waals surface area contributed by atoms with E-state index in [9.17, 15) is 4.79 Å². The number of nitrogens with one attached hydrogen (secondary N) is 1. The molecule has 0 aromatic carbocycles. The maximum atomic E-state index is 11.8. The van der Waals surface area contributed by atoms with E-state index in [-0.39, 0.29) is 12.5 Å². The molecule has 0 unspecified atom stereocenters. The molecule has 2 rings (SSSR count). The van der Waals surface area contributed by atoms with E-state index in [2.05, 4.69) is 5.32 Å². The highest BCUT2D eigenvalue weighted by Crippen LogP contribution is 2.21. The second kappa shape index (κ2) is 4.94. The molecular weight excluding hydrogens is 192 g/mol. The van der Waals surface area contributed by atoms with E-state index < -0.39 is 0 Å². The summed E-state index contributed by atoms with van der Waals surface area (Å²) in [4.78, 5) is 13.7. The fourth-order valence-corrected chi connectivity index (χ4v) is 2.35. The standard InChI is InChI=1S/C11H20N2O2/c14-8-10-6-13(7-10)11(15)5-9-1-3-12-4-2-9/h9-10,12,14H,1-8H2. The summed E-state index contributed by atoms with van der Waals surface area (Å²) < 4.78 is 0. The van der Waals surface area contributed by atoms with Gasteiger partial charge in [-0.2, -0.15) is 0 Å². The SMILES string of the molecule is O=C(CC1CCNCC1)N1CC(CO)C1. The van der Waals surface area contributed by atoms with Crippen molar-refractivity contribution in [3.63, 3.8) is 0 Å². The molecule has 0 aromatic rings. The first-order chi connectivity index (χ1) is 7.29. The molecule has 2 N–H and O–H groups in total. The van der Waals surface area contributed by atoms with Crippen LogP contribution in [0, 0.1) is 11.8 Å². The Morgan fingerprint density at radius 3 is 2.53 bits per heavy atom. The molecule has 0 radical (unpaired) electrons. The van der Waals surface area contributed by atoms with Gasteiger partial charge >= 0.3 is 0 Å². The van der Waals surface area contributed by atoms with Gasteiger partial charge in [0.2, 0.25) is 5.91 Å². The number of amides is 1. The summed E-state index contributed by atoms with van der Waals surface area (Å²) >= 11 is 0. The molecule has 2 saturated heterocycles. The Bertz CT molecular complexity index is 221. The molecule has 0 aliphatic carbocycles. The first-order valence-corrected chi connectivity index (χ1v) is 5.89. The molecule has 86 valence electrons. The van der Waals surface area contributed by atoms with Crippen molar-refractivity contribution in [1.29, 1.82) is 0 Å². The molecule has 0 saturated carbocycles. The van der Waals surface area contributed by atoms with Crippen molar-refractivity contribution in [2.24, 2.45) is 11.8 Å². The van der Waals surface area contributed by atoms with Crippen molar-refractivity contribution in [3.05, 3.63) is 0 Å². The lowest BCUT2D eigenvalue weighted by atomic mass is 9.92. The third kappa shape index (κ3) is 2.69. The first-order valence-electron chi connectivity index (χ1n) is 5.89. The van der Waals surface area contributed by atoms with Crippen LogP contribution in [0.5, 0.6) is 0 Å². The Hall–Kier alpha value is -0.610. The van der Waals surface area contributed by atoms with Gasteiger partial charge in [-0.25, -0.2) is 0 Å². The molecule has 0 spiro atoms. The predicted molar refractivity (Wildman–Crippen MR) is 57.4 cm³/mol. The molecule has 2 aliphatic heterocycles. The number of nitrogens with zero attached hydrogens (tertiary/aromatic N) is 1. The van der Waals surface area contributed by atoms with E-state index in [1.165, 1.54) is 0 Å². The van der Waals surface area contributed by atoms with E-state index in [4.69, 9.17) is 5.11 Å². The zero-order valence-electron chi connectivity index (χ0n) is 9.11. The molecule has 4 nitrogen and oxygen atoms in total. The lowest BCUT2D eigenvalue weighted by Gasteiger charge is -2.39. The van der Waals surface area contributed by atoms with Gasteiger partial charge in [0.05, 0.1) is 0 Å². The van der Waals surface area contributed by atoms with Crippen LogP contribution in [0.2, 0.25) is 0 Å². The highest BCUT2D eigenvalue weighted by Gasteiger charge is 2.31. The summed E-state index contributed by atoms with van der Waals surface area (Å²) in [6.07, 6.45) is 2.96. The molecule has 2 aliphatic rings. The monoisotopic (exact) mass is 212 g/mol. The molecule has 2 fully saturated rings. The number of piperidine rings is 1. The predicted octanol–water partition coefficient (Wildman–Crippen LogP) is -0.173. The maximum absolute atomic E-state index is 11.8. The van der Waals surface area contributed by atoms with Crippen LogP contribution in [0.3, 0.4) is 0 Å². The van der Waals surface area contributed by atoms with Gasteiger partial charge in [-0.05, 0) is 31.8 Å². The van der Waals surface area contributed by atoms with Gasteiger partial charge in [-0.1, -0.05) is 0 Å². The van der Waals surface area contributed by atoms with Gasteiger partial charge in [0.15, 0.2) is 0 Å². The number of hydrogen-bond donors (Lipinski definition) is 2. The summed E-state index contributed by atoms with van der Waals surface area (Å²) in [5.41, 5.74) is 0. The van der Waals surface area contributed by atoms with Gasteiger partial charge in [-0.15, -0.1) is 0 Å². The summed E-state index contributed by atoms with van der Waals surface area (Å²) in [6.45, 7) is 3.85. The third-order valence-electron chi connectivity index (χ3n) is 3.49. The first kappa shape index (κ1) is 10.9. The highest BCUT2D eigenvalue weighted by molar-refractivity contribution is 5.77. The number of hydrogen-bond acceptors (Lipinski definition) is 3. The quantitative estimate of drug-likeness (QED) is 0.683. The van der Waals surface area contributed by atoms with E-state index >= 15 is 0 Å². The van der Waals surface area contributed by atoms with Crippen LogP contribution in [0.25, 0.3) is 0 Å². The fraction of sp³-hybridized carbons (Fsp3) is 0.909. The minimum absolute atomic E-state index is 0.219. The Kier molecular flexibility index (Phi) is 3.59. The van der Waals surface area contributed by atoms with Crippen LogP contribution in [0.15, 0.2) is 0 Å². The van der Waals surface area contributed by atoms with Crippen LogP contribution in [-0.4, -0.2) is 48.7 Å². The Balaban J connectivity index is 1.68. The topological polar surface area (TPSA) is 52.6 Å². The minimum atomic E-state index is 0.219. The molecular formula is C11H20N2O2. The second-order valence-electron chi connectivity index (χ2n) is 4.74. The zero-order chi connectivity index (χ0) is 10.7. The number of carbonyl (C=O) groups excluding carboxylic acids is 1. The van der Waals surface area contributed by atoms with Crippen molar-refractivity contribution in [3.8, 4) is 0 Å². The lowest BCUT2D eigenvalue weighted by Crippen LogP contribution is -2.51. The molecule has 0 atom stereocenters. The van der Waals surface area contributed by atoms with Gasteiger partial charge in [0, 0.05) is 32.0 Å². The number of carbonyl (C=O) groups is 1. The Labute approximate surface area is 90.6 Å². The maximum Gasteiger partial charge on any atom is 0.222 e. The normalized spacial score (nSPS) is 23.9. The third-order valence-corrected chi connectivity index (χ3v) is 3.49. The van der Waals surface area contributed by atoms with Gasteiger partial charge < -0.3 is 15.3 Å². The van der Waals surface area contributed by atoms with Crippen LogP contribution >= 0.6 is 0 Å². The van der Waals surface area contributed by atoms with Crippen molar-refractivity contribution in [2.75, 3.05) is 32.8 Å².